The molecule has 0 saturated carbocycles. The second-order valence-corrected chi connectivity index (χ2v) is 7.36. The molecule has 2 N–H and O–H groups in total. The van der Waals surface area contributed by atoms with Gasteiger partial charge in [-0.1, -0.05) is 12.1 Å². The Balaban J connectivity index is 1.81. The number of benzene rings is 2. The average molecular weight is 396 g/mol. The number of carboxylic acids is 1. The Kier molecular flexibility index (Phi) is 5.59. The Morgan fingerprint density at radius 1 is 1.14 bits per heavy atom. The van der Waals surface area contributed by atoms with Crippen molar-refractivity contribution in [2.75, 3.05) is 23.9 Å². The lowest BCUT2D eigenvalue weighted by atomic mass is 10.0. The van der Waals surface area contributed by atoms with Crippen LogP contribution in [0.25, 0.3) is 0 Å². The summed E-state index contributed by atoms with van der Waals surface area (Å²) in [6, 6.07) is 8.74. The third kappa shape index (κ3) is 4.08. The molecule has 1 unspecified atom stereocenters. The van der Waals surface area contributed by atoms with E-state index in [9.17, 15) is 19.5 Å². The minimum atomic E-state index is -1.05. The van der Waals surface area contributed by atoms with Crippen molar-refractivity contribution < 1.29 is 24.2 Å². The van der Waals surface area contributed by atoms with E-state index in [4.69, 9.17) is 4.74 Å². The van der Waals surface area contributed by atoms with E-state index in [0.29, 0.717) is 22.7 Å². The topological polar surface area (TPSA) is 95.9 Å². The van der Waals surface area contributed by atoms with Crippen LogP contribution in [0.2, 0.25) is 0 Å². The molecule has 0 bridgehead atoms. The summed E-state index contributed by atoms with van der Waals surface area (Å²) in [6.45, 7) is 5.68. The summed E-state index contributed by atoms with van der Waals surface area (Å²) >= 11 is 0. The molecule has 0 radical (unpaired) electrons. The minimum Gasteiger partial charge on any atom is -0.495 e. The molecule has 1 aliphatic rings. The summed E-state index contributed by atoms with van der Waals surface area (Å²) in [7, 11) is 1.54. The molecule has 0 aliphatic carbocycles. The number of methoxy groups -OCH3 is 1. The van der Waals surface area contributed by atoms with Crippen molar-refractivity contribution in [2.45, 2.75) is 27.2 Å². The molecular weight excluding hydrogens is 372 g/mol. The predicted octanol–water partition coefficient (Wildman–Crippen LogP) is 3.31. The predicted molar refractivity (Wildman–Crippen MR) is 110 cm³/mol. The van der Waals surface area contributed by atoms with Crippen LogP contribution >= 0.6 is 0 Å². The van der Waals surface area contributed by atoms with Crippen molar-refractivity contribution in [3.63, 3.8) is 0 Å². The van der Waals surface area contributed by atoms with E-state index in [-0.39, 0.29) is 30.3 Å². The number of aryl methyl sites for hydroxylation is 3. The number of carbonyl (C=O) groups is 3. The van der Waals surface area contributed by atoms with Gasteiger partial charge in [0.2, 0.25) is 11.8 Å². The van der Waals surface area contributed by atoms with Gasteiger partial charge in [-0.15, -0.1) is 0 Å². The maximum absolute atomic E-state index is 12.8. The first-order valence-corrected chi connectivity index (χ1v) is 9.31. The van der Waals surface area contributed by atoms with E-state index in [1.165, 1.54) is 6.07 Å². The molecule has 2 aromatic rings. The van der Waals surface area contributed by atoms with E-state index in [2.05, 4.69) is 5.32 Å². The van der Waals surface area contributed by atoms with Gasteiger partial charge in [-0.25, -0.2) is 4.79 Å². The molecule has 29 heavy (non-hydrogen) atoms. The van der Waals surface area contributed by atoms with Crippen molar-refractivity contribution >= 4 is 29.2 Å². The van der Waals surface area contributed by atoms with Crippen LogP contribution in [0.5, 0.6) is 5.75 Å². The third-order valence-electron chi connectivity index (χ3n) is 5.18. The third-order valence-corrected chi connectivity index (χ3v) is 5.18. The molecule has 0 aromatic heterocycles. The SMILES string of the molecule is COc1ccc(C)cc1N1CC(C(=O)Nc2cc(C(=O)O)c(C)cc2C)CC1=O. The second kappa shape index (κ2) is 7.95. The summed E-state index contributed by atoms with van der Waals surface area (Å²) in [5, 5.41) is 12.1. The number of nitrogens with one attached hydrogen (secondary N) is 1. The Morgan fingerprint density at radius 2 is 1.86 bits per heavy atom. The zero-order valence-electron chi connectivity index (χ0n) is 16.9. The lowest BCUT2D eigenvalue weighted by Gasteiger charge is -2.20. The minimum absolute atomic E-state index is 0.0830. The number of nitrogens with zero attached hydrogens (tertiary/aromatic N) is 1. The summed E-state index contributed by atoms with van der Waals surface area (Å²) < 4.78 is 5.36. The van der Waals surface area contributed by atoms with Crippen LogP contribution in [0, 0.1) is 26.7 Å². The van der Waals surface area contributed by atoms with Crippen molar-refractivity contribution in [2.24, 2.45) is 5.92 Å². The first-order valence-electron chi connectivity index (χ1n) is 9.31. The molecule has 152 valence electrons. The zero-order chi connectivity index (χ0) is 21.3. The normalized spacial score (nSPS) is 16.1. The first-order chi connectivity index (χ1) is 13.7. The summed E-state index contributed by atoms with van der Waals surface area (Å²) in [4.78, 5) is 38.3. The molecule has 1 atom stereocenters. The van der Waals surface area contributed by atoms with Gasteiger partial charge in [0.15, 0.2) is 0 Å². The van der Waals surface area contributed by atoms with Crippen LogP contribution in [0.1, 0.15) is 33.5 Å². The van der Waals surface area contributed by atoms with E-state index in [1.54, 1.807) is 38.0 Å². The molecular formula is C22H24N2O5. The molecule has 7 nitrogen and oxygen atoms in total. The lowest BCUT2D eigenvalue weighted by Crippen LogP contribution is -2.28. The van der Waals surface area contributed by atoms with Crippen molar-refractivity contribution in [3.8, 4) is 5.75 Å². The Hall–Kier alpha value is -3.35. The van der Waals surface area contributed by atoms with E-state index >= 15 is 0 Å². The largest absolute Gasteiger partial charge is 0.495 e. The van der Waals surface area contributed by atoms with Crippen LogP contribution in [0.15, 0.2) is 30.3 Å². The van der Waals surface area contributed by atoms with Crippen molar-refractivity contribution in [3.05, 3.63) is 52.6 Å². The summed E-state index contributed by atoms with van der Waals surface area (Å²) in [5.41, 5.74) is 3.60. The number of ether oxygens (including phenoxy) is 1. The van der Waals surface area contributed by atoms with Gasteiger partial charge in [0, 0.05) is 18.7 Å². The average Bonchev–Trinajstić information content (AvgIpc) is 3.05. The van der Waals surface area contributed by atoms with Gasteiger partial charge in [-0.2, -0.15) is 0 Å². The van der Waals surface area contributed by atoms with E-state index in [1.807, 2.05) is 19.1 Å². The van der Waals surface area contributed by atoms with Crippen molar-refractivity contribution in [1.82, 2.24) is 0 Å². The van der Waals surface area contributed by atoms with Crippen LogP contribution in [-0.4, -0.2) is 36.5 Å². The van der Waals surface area contributed by atoms with Gasteiger partial charge in [-0.05, 0) is 55.7 Å². The molecule has 3 rings (SSSR count). The zero-order valence-corrected chi connectivity index (χ0v) is 16.9. The quantitative estimate of drug-likeness (QED) is 0.808. The fourth-order valence-corrected chi connectivity index (χ4v) is 3.58. The Bertz CT molecular complexity index is 999. The molecule has 1 saturated heterocycles. The van der Waals surface area contributed by atoms with E-state index < -0.39 is 11.9 Å². The smallest absolute Gasteiger partial charge is 0.336 e. The van der Waals surface area contributed by atoms with Crippen LogP contribution in [0.4, 0.5) is 11.4 Å². The number of carbonyl (C=O) groups excluding carboxylic acids is 2. The summed E-state index contributed by atoms with van der Waals surface area (Å²) in [5.74, 6) is -1.48. The fraction of sp³-hybridized carbons (Fsp3) is 0.318. The monoisotopic (exact) mass is 396 g/mol. The van der Waals surface area contributed by atoms with Gasteiger partial charge in [0.25, 0.3) is 0 Å². The lowest BCUT2D eigenvalue weighted by molar-refractivity contribution is -0.122. The molecule has 7 heteroatoms. The highest BCUT2D eigenvalue weighted by Crippen LogP contribution is 2.34. The van der Waals surface area contributed by atoms with E-state index in [0.717, 1.165) is 11.1 Å². The number of anilines is 2. The first kappa shape index (κ1) is 20.4. The maximum atomic E-state index is 12.8. The van der Waals surface area contributed by atoms with Crippen LogP contribution in [0.3, 0.4) is 0 Å². The highest BCUT2D eigenvalue weighted by atomic mass is 16.5. The fourth-order valence-electron chi connectivity index (χ4n) is 3.58. The molecule has 0 spiro atoms. The van der Waals surface area contributed by atoms with Gasteiger partial charge < -0.3 is 20.1 Å². The number of carboxylic acid groups (broad SMARTS) is 1. The van der Waals surface area contributed by atoms with Gasteiger partial charge >= 0.3 is 5.97 Å². The number of amides is 2. The Labute approximate surface area is 169 Å². The molecule has 1 heterocycles. The molecule has 2 aromatic carbocycles. The molecule has 1 fully saturated rings. The van der Waals surface area contributed by atoms with Gasteiger partial charge in [-0.3, -0.25) is 9.59 Å². The van der Waals surface area contributed by atoms with Crippen molar-refractivity contribution in [1.29, 1.82) is 0 Å². The van der Waals surface area contributed by atoms with Gasteiger partial charge in [0.05, 0.1) is 24.3 Å². The standard InChI is InChI=1S/C22H24N2O5/c1-12-5-6-19(29-4)18(7-12)24-11-15(9-20(24)25)21(26)23-17-10-16(22(27)28)13(2)8-14(17)3/h5-8,10,15H,9,11H2,1-4H3,(H,23,26)(H,27,28). The maximum Gasteiger partial charge on any atom is 0.336 e. The number of aromatic carboxylic acids is 1. The highest BCUT2D eigenvalue weighted by molar-refractivity contribution is 6.04. The number of hydrogen-bond donors (Lipinski definition) is 2. The summed E-state index contributed by atoms with van der Waals surface area (Å²) in [6.07, 6.45) is 0.0830. The highest BCUT2D eigenvalue weighted by Gasteiger charge is 2.36. The Morgan fingerprint density at radius 3 is 2.52 bits per heavy atom. The van der Waals surface area contributed by atoms with Gasteiger partial charge in [0.1, 0.15) is 5.75 Å². The number of rotatable bonds is 5. The van der Waals surface area contributed by atoms with Crippen LogP contribution in [-0.2, 0) is 9.59 Å². The molecule has 1 aliphatic heterocycles. The molecule has 2 amide bonds. The second-order valence-electron chi connectivity index (χ2n) is 7.36. The number of hydrogen-bond acceptors (Lipinski definition) is 4. The van der Waals surface area contributed by atoms with Crippen LogP contribution < -0.4 is 15.0 Å².